The van der Waals surface area contributed by atoms with E-state index in [1.807, 2.05) is 18.2 Å². The number of methoxy groups -OCH3 is 1. The van der Waals surface area contributed by atoms with Gasteiger partial charge in [-0.3, -0.25) is 0 Å². The molecule has 0 radical (unpaired) electrons. The Morgan fingerprint density at radius 3 is 2.76 bits per heavy atom. The van der Waals surface area contributed by atoms with Gasteiger partial charge in [0.1, 0.15) is 17.3 Å². The van der Waals surface area contributed by atoms with Crippen molar-refractivity contribution in [3.8, 4) is 5.75 Å². The molecule has 1 saturated carbocycles. The van der Waals surface area contributed by atoms with Gasteiger partial charge in [0.25, 0.3) is 0 Å². The summed E-state index contributed by atoms with van der Waals surface area (Å²) < 4.78 is 6.21. The van der Waals surface area contributed by atoms with Gasteiger partial charge in [0.15, 0.2) is 0 Å². The molecular weight excluding hydrogens is 280 g/mol. The van der Waals surface area contributed by atoms with Crippen molar-refractivity contribution in [1.29, 1.82) is 0 Å². The van der Waals surface area contributed by atoms with E-state index in [1.165, 1.54) is 12.8 Å². The van der Waals surface area contributed by atoms with Crippen LogP contribution in [0.1, 0.15) is 25.7 Å². The predicted octanol–water partition coefficient (Wildman–Crippen LogP) is 3.64. The molecule has 0 amide bonds. The third-order valence-electron chi connectivity index (χ3n) is 3.18. The van der Waals surface area contributed by atoms with Crippen LogP contribution in [-0.4, -0.2) is 12.9 Å². The minimum Gasteiger partial charge on any atom is -0.494 e. The van der Waals surface area contributed by atoms with Crippen LogP contribution in [0.3, 0.4) is 0 Å². The SMILES string of the molecule is COc1cccc(Br)c1N=C(N)C1CCCC1. The van der Waals surface area contributed by atoms with Crippen molar-refractivity contribution >= 4 is 27.5 Å². The Hall–Kier alpha value is -1.03. The zero-order chi connectivity index (χ0) is 12.3. The molecule has 0 saturated heterocycles. The molecule has 2 rings (SSSR count). The summed E-state index contributed by atoms with van der Waals surface area (Å²) in [7, 11) is 1.65. The van der Waals surface area contributed by atoms with Gasteiger partial charge in [-0.05, 0) is 40.9 Å². The maximum Gasteiger partial charge on any atom is 0.145 e. The lowest BCUT2D eigenvalue weighted by molar-refractivity contribution is 0.416. The van der Waals surface area contributed by atoms with Gasteiger partial charge in [-0.1, -0.05) is 18.9 Å². The van der Waals surface area contributed by atoms with Crippen LogP contribution in [0.5, 0.6) is 5.75 Å². The fraction of sp³-hybridized carbons (Fsp3) is 0.462. The van der Waals surface area contributed by atoms with Crippen molar-refractivity contribution in [2.45, 2.75) is 25.7 Å². The van der Waals surface area contributed by atoms with Crippen molar-refractivity contribution in [1.82, 2.24) is 0 Å². The topological polar surface area (TPSA) is 47.6 Å². The minimum absolute atomic E-state index is 0.437. The number of hydrogen-bond donors (Lipinski definition) is 1. The van der Waals surface area contributed by atoms with Gasteiger partial charge in [-0.25, -0.2) is 4.99 Å². The van der Waals surface area contributed by atoms with Crippen LogP contribution in [0.2, 0.25) is 0 Å². The fourth-order valence-electron chi connectivity index (χ4n) is 2.21. The Morgan fingerprint density at radius 1 is 1.41 bits per heavy atom. The minimum atomic E-state index is 0.437. The van der Waals surface area contributed by atoms with Gasteiger partial charge in [0.2, 0.25) is 0 Å². The van der Waals surface area contributed by atoms with Gasteiger partial charge < -0.3 is 10.5 Å². The van der Waals surface area contributed by atoms with E-state index in [2.05, 4.69) is 20.9 Å². The van der Waals surface area contributed by atoms with E-state index in [0.29, 0.717) is 5.92 Å². The summed E-state index contributed by atoms with van der Waals surface area (Å²) in [5.41, 5.74) is 6.87. The Kier molecular flexibility index (Phi) is 4.05. The number of aliphatic imine (C=N–C) groups is 1. The van der Waals surface area contributed by atoms with E-state index in [4.69, 9.17) is 10.5 Å². The van der Waals surface area contributed by atoms with Crippen LogP contribution in [0, 0.1) is 5.92 Å². The number of nitrogens with zero attached hydrogens (tertiary/aromatic N) is 1. The highest BCUT2D eigenvalue weighted by molar-refractivity contribution is 9.10. The van der Waals surface area contributed by atoms with Gasteiger partial charge >= 0.3 is 0 Å². The zero-order valence-electron chi connectivity index (χ0n) is 9.95. The Bertz CT molecular complexity index is 425. The standard InChI is InChI=1S/C13H17BrN2O/c1-17-11-8-4-7-10(14)12(11)16-13(15)9-5-2-3-6-9/h4,7-9H,2-3,5-6H2,1H3,(H2,15,16). The monoisotopic (exact) mass is 296 g/mol. The molecular formula is C13H17BrN2O. The van der Waals surface area contributed by atoms with Crippen molar-refractivity contribution in [3.63, 3.8) is 0 Å². The number of halogens is 1. The first-order valence-corrected chi connectivity index (χ1v) is 6.68. The average molecular weight is 297 g/mol. The Balaban J connectivity index is 2.30. The maximum atomic E-state index is 6.08. The first-order valence-electron chi connectivity index (χ1n) is 5.89. The lowest BCUT2D eigenvalue weighted by atomic mass is 10.1. The molecule has 0 aromatic heterocycles. The van der Waals surface area contributed by atoms with Gasteiger partial charge in [0, 0.05) is 10.4 Å². The summed E-state index contributed by atoms with van der Waals surface area (Å²) in [6, 6.07) is 5.77. The second-order valence-corrected chi connectivity index (χ2v) is 5.16. The van der Waals surface area contributed by atoms with Crippen LogP contribution < -0.4 is 10.5 Å². The summed E-state index contributed by atoms with van der Waals surface area (Å²) in [5.74, 6) is 1.92. The molecule has 1 aliphatic carbocycles. The van der Waals surface area contributed by atoms with Crippen molar-refractivity contribution in [2.75, 3.05) is 7.11 Å². The highest BCUT2D eigenvalue weighted by atomic mass is 79.9. The molecule has 0 spiro atoms. The first kappa shape index (κ1) is 12.4. The molecule has 0 atom stereocenters. The number of amidine groups is 1. The molecule has 1 fully saturated rings. The Morgan fingerprint density at radius 2 is 2.12 bits per heavy atom. The maximum absolute atomic E-state index is 6.08. The summed E-state index contributed by atoms with van der Waals surface area (Å²) in [4.78, 5) is 4.53. The number of para-hydroxylation sites is 1. The molecule has 0 heterocycles. The van der Waals surface area contributed by atoms with Gasteiger partial charge in [-0.2, -0.15) is 0 Å². The second-order valence-electron chi connectivity index (χ2n) is 4.31. The van der Waals surface area contributed by atoms with E-state index < -0.39 is 0 Å². The third kappa shape index (κ3) is 2.80. The first-order chi connectivity index (χ1) is 8.22. The molecule has 17 heavy (non-hydrogen) atoms. The van der Waals surface area contributed by atoms with Crippen LogP contribution in [-0.2, 0) is 0 Å². The largest absolute Gasteiger partial charge is 0.494 e. The fourth-order valence-corrected chi connectivity index (χ4v) is 2.65. The van der Waals surface area contributed by atoms with Crippen LogP contribution in [0.15, 0.2) is 27.7 Å². The third-order valence-corrected chi connectivity index (χ3v) is 3.82. The van der Waals surface area contributed by atoms with Crippen molar-refractivity contribution in [2.24, 2.45) is 16.6 Å². The predicted molar refractivity (Wildman–Crippen MR) is 73.9 cm³/mol. The summed E-state index contributed by atoms with van der Waals surface area (Å²) in [5, 5.41) is 0. The summed E-state index contributed by atoms with van der Waals surface area (Å²) >= 11 is 3.48. The molecule has 0 unspecified atom stereocenters. The number of benzene rings is 1. The second kappa shape index (κ2) is 5.54. The summed E-state index contributed by atoms with van der Waals surface area (Å²) in [6.07, 6.45) is 4.83. The molecule has 92 valence electrons. The van der Waals surface area contributed by atoms with E-state index in [0.717, 1.165) is 34.6 Å². The molecule has 4 heteroatoms. The van der Waals surface area contributed by atoms with E-state index >= 15 is 0 Å². The molecule has 2 N–H and O–H groups in total. The lowest BCUT2D eigenvalue weighted by Gasteiger charge is -2.11. The smallest absolute Gasteiger partial charge is 0.145 e. The number of nitrogens with two attached hydrogens (primary N) is 1. The van der Waals surface area contributed by atoms with Crippen molar-refractivity contribution in [3.05, 3.63) is 22.7 Å². The highest BCUT2D eigenvalue weighted by Crippen LogP contribution is 2.36. The van der Waals surface area contributed by atoms with E-state index in [9.17, 15) is 0 Å². The number of rotatable bonds is 3. The number of ether oxygens (including phenoxy) is 1. The van der Waals surface area contributed by atoms with Crippen LogP contribution >= 0.6 is 15.9 Å². The van der Waals surface area contributed by atoms with E-state index in [1.54, 1.807) is 7.11 Å². The Labute approximate surface area is 110 Å². The molecule has 1 aromatic rings. The number of hydrogen-bond acceptors (Lipinski definition) is 2. The van der Waals surface area contributed by atoms with Gasteiger partial charge in [-0.15, -0.1) is 0 Å². The average Bonchev–Trinajstić information content (AvgIpc) is 2.85. The molecule has 1 aromatic carbocycles. The zero-order valence-corrected chi connectivity index (χ0v) is 11.5. The van der Waals surface area contributed by atoms with Gasteiger partial charge in [0.05, 0.1) is 7.11 Å². The van der Waals surface area contributed by atoms with E-state index in [-0.39, 0.29) is 0 Å². The molecule has 1 aliphatic rings. The molecule has 0 bridgehead atoms. The lowest BCUT2D eigenvalue weighted by Crippen LogP contribution is -2.20. The van der Waals surface area contributed by atoms with Crippen molar-refractivity contribution < 1.29 is 4.74 Å². The highest BCUT2D eigenvalue weighted by Gasteiger charge is 2.19. The normalized spacial score (nSPS) is 17.4. The molecule has 3 nitrogen and oxygen atoms in total. The molecule has 0 aliphatic heterocycles. The van der Waals surface area contributed by atoms with Crippen LogP contribution in [0.4, 0.5) is 5.69 Å². The summed E-state index contributed by atoms with van der Waals surface area (Å²) in [6.45, 7) is 0. The van der Waals surface area contributed by atoms with Crippen LogP contribution in [0.25, 0.3) is 0 Å². The quantitative estimate of drug-likeness (QED) is 0.684.